The summed E-state index contributed by atoms with van der Waals surface area (Å²) in [4.78, 5) is 14.5. The van der Waals surface area contributed by atoms with Crippen LogP contribution in [0, 0.1) is 11.7 Å². The fraction of sp³-hybridized carbons (Fsp3) is 0.316. The number of nitrogens with zero attached hydrogens (tertiary/aromatic N) is 1. The summed E-state index contributed by atoms with van der Waals surface area (Å²) in [7, 11) is 1.58. The Morgan fingerprint density at radius 3 is 2.50 bits per heavy atom. The Labute approximate surface area is 141 Å². The van der Waals surface area contributed by atoms with Crippen molar-refractivity contribution in [3.63, 3.8) is 0 Å². The number of benzene rings is 2. The van der Waals surface area contributed by atoms with Crippen LogP contribution in [0.5, 0.6) is 5.75 Å². The molecule has 1 N–H and O–H groups in total. The molecule has 0 aromatic heterocycles. The number of carbonyl (C=O) groups excluding carboxylic acids is 1. The molecule has 1 saturated heterocycles. The van der Waals surface area contributed by atoms with Gasteiger partial charge >= 0.3 is 0 Å². The summed E-state index contributed by atoms with van der Waals surface area (Å²) in [6.45, 7) is 1.34. The van der Waals surface area contributed by atoms with Crippen molar-refractivity contribution in [2.24, 2.45) is 5.92 Å². The van der Waals surface area contributed by atoms with E-state index in [9.17, 15) is 9.18 Å². The summed E-state index contributed by atoms with van der Waals surface area (Å²) in [5.41, 5.74) is 1.29. The maximum atomic E-state index is 13.9. The largest absolute Gasteiger partial charge is 0.495 e. The zero-order chi connectivity index (χ0) is 16.9. The lowest BCUT2D eigenvalue weighted by atomic mass is 9.95. The number of amides is 1. The van der Waals surface area contributed by atoms with E-state index < -0.39 is 0 Å². The van der Waals surface area contributed by atoms with Gasteiger partial charge in [0.25, 0.3) is 0 Å². The summed E-state index contributed by atoms with van der Waals surface area (Å²) in [5, 5.41) is 2.94. The summed E-state index contributed by atoms with van der Waals surface area (Å²) in [6, 6.07) is 14.1. The number of hydrogen-bond acceptors (Lipinski definition) is 3. The number of ether oxygens (including phenoxy) is 1. The van der Waals surface area contributed by atoms with Gasteiger partial charge in [0, 0.05) is 19.0 Å². The van der Waals surface area contributed by atoms with Crippen molar-refractivity contribution < 1.29 is 13.9 Å². The molecule has 2 aromatic rings. The Morgan fingerprint density at radius 1 is 1.12 bits per heavy atom. The van der Waals surface area contributed by atoms with Crippen molar-refractivity contribution in [3.8, 4) is 5.75 Å². The molecule has 2 aromatic carbocycles. The van der Waals surface area contributed by atoms with Crippen molar-refractivity contribution in [1.82, 2.24) is 0 Å². The second kappa shape index (κ2) is 7.34. The molecule has 0 atom stereocenters. The minimum Gasteiger partial charge on any atom is -0.495 e. The Morgan fingerprint density at radius 2 is 1.79 bits per heavy atom. The smallest absolute Gasteiger partial charge is 0.227 e. The van der Waals surface area contributed by atoms with Gasteiger partial charge in [-0.1, -0.05) is 24.3 Å². The molecule has 1 amide bonds. The number of anilines is 2. The predicted molar refractivity (Wildman–Crippen MR) is 93.0 cm³/mol. The van der Waals surface area contributed by atoms with Gasteiger partial charge in [-0.2, -0.15) is 0 Å². The highest BCUT2D eigenvalue weighted by molar-refractivity contribution is 5.94. The highest BCUT2D eigenvalue weighted by atomic mass is 19.1. The molecular weight excluding hydrogens is 307 g/mol. The molecular formula is C19H21FN2O2. The lowest BCUT2D eigenvalue weighted by Gasteiger charge is -2.33. The molecule has 0 aliphatic carbocycles. The van der Waals surface area contributed by atoms with E-state index in [4.69, 9.17) is 4.74 Å². The van der Waals surface area contributed by atoms with E-state index >= 15 is 0 Å². The lowest BCUT2D eigenvalue weighted by molar-refractivity contribution is -0.120. The molecule has 1 heterocycles. The number of hydrogen-bond donors (Lipinski definition) is 1. The maximum absolute atomic E-state index is 13.9. The third kappa shape index (κ3) is 3.50. The third-order valence-electron chi connectivity index (χ3n) is 4.42. The predicted octanol–water partition coefficient (Wildman–Crippen LogP) is 3.69. The first kappa shape index (κ1) is 16.3. The number of nitrogens with one attached hydrogen (secondary N) is 1. The van der Waals surface area contributed by atoms with Gasteiger partial charge in [0.1, 0.15) is 11.6 Å². The van der Waals surface area contributed by atoms with Crippen molar-refractivity contribution in [3.05, 3.63) is 54.3 Å². The first-order valence-electron chi connectivity index (χ1n) is 8.12. The van der Waals surface area contributed by atoms with E-state index in [1.165, 1.54) is 6.07 Å². The van der Waals surface area contributed by atoms with Crippen LogP contribution in [0.1, 0.15) is 12.8 Å². The number of halogens is 1. The van der Waals surface area contributed by atoms with E-state index in [0.29, 0.717) is 43.1 Å². The number of piperidine rings is 1. The molecule has 3 rings (SSSR count). The summed E-state index contributed by atoms with van der Waals surface area (Å²) in [5.74, 6) is 0.356. The average molecular weight is 328 g/mol. The van der Waals surface area contributed by atoms with Gasteiger partial charge in [0.05, 0.1) is 18.5 Å². The molecule has 24 heavy (non-hydrogen) atoms. The van der Waals surface area contributed by atoms with Gasteiger partial charge in [0.2, 0.25) is 5.91 Å². The monoisotopic (exact) mass is 328 g/mol. The van der Waals surface area contributed by atoms with Gasteiger partial charge in [-0.3, -0.25) is 4.79 Å². The standard InChI is InChI=1S/C19H21FN2O2/c1-24-18-9-5-3-7-16(18)21-19(23)14-10-12-22(13-11-14)17-8-4-2-6-15(17)20/h2-9,14H,10-13H2,1H3,(H,21,23). The van der Waals surface area contributed by atoms with Gasteiger partial charge < -0.3 is 15.0 Å². The molecule has 0 bridgehead atoms. The summed E-state index contributed by atoms with van der Waals surface area (Å²) >= 11 is 0. The fourth-order valence-corrected chi connectivity index (χ4v) is 3.07. The zero-order valence-corrected chi connectivity index (χ0v) is 13.7. The van der Waals surface area contributed by atoms with Crippen LogP contribution in [-0.2, 0) is 4.79 Å². The number of para-hydroxylation sites is 3. The minimum atomic E-state index is -0.213. The summed E-state index contributed by atoms with van der Waals surface area (Å²) < 4.78 is 19.1. The first-order chi connectivity index (χ1) is 11.7. The number of carbonyl (C=O) groups is 1. The van der Waals surface area contributed by atoms with E-state index in [1.54, 1.807) is 19.2 Å². The second-order valence-corrected chi connectivity index (χ2v) is 5.90. The summed E-state index contributed by atoms with van der Waals surface area (Å²) in [6.07, 6.45) is 1.41. The minimum absolute atomic E-state index is 0.00677. The molecule has 0 spiro atoms. The average Bonchev–Trinajstić information content (AvgIpc) is 2.63. The highest BCUT2D eigenvalue weighted by Gasteiger charge is 2.26. The first-order valence-corrected chi connectivity index (χ1v) is 8.12. The molecule has 1 aliphatic heterocycles. The SMILES string of the molecule is COc1ccccc1NC(=O)C1CCN(c2ccccc2F)CC1. The van der Waals surface area contributed by atoms with E-state index in [2.05, 4.69) is 5.32 Å². The molecule has 1 fully saturated rings. The van der Waals surface area contributed by atoms with Gasteiger partial charge in [-0.15, -0.1) is 0 Å². The Kier molecular flexibility index (Phi) is 4.99. The fourth-order valence-electron chi connectivity index (χ4n) is 3.07. The van der Waals surface area contributed by atoms with Crippen molar-refractivity contribution in [2.45, 2.75) is 12.8 Å². The van der Waals surface area contributed by atoms with E-state index in [-0.39, 0.29) is 17.6 Å². The van der Waals surface area contributed by atoms with Crippen LogP contribution in [0.4, 0.5) is 15.8 Å². The van der Waals surface area contributed by atoms with Crippen LogP contribution in [0.25, 0.3) is 0 Å². The Bertz CT molecular complexity index is 712. The molecule has 5 heteroatoms. The lowest BCUT2D eigenvalue weighted by Crippen LogP contribution is -2.38. The van der Waals surface area contributed by atoms with Gasteiger partial charge in [-0.05, 0) is 37.1 Å². The highest BCUT2D eigenvalue weighted by Crippen LogP contribution is 2.28. The normalized spacial score (nSPS) is 15.2. The quantitative estimate of drug-likeness (QED) is 0.931. The van der Waals surface area contributed by atoms with Crippen LogP contribution in [0.15, 0.2) is 48.5 Å². The molecule has 0 unspecified atom stereocenters. The molecule has 0 radical (unpaired) electrons. The third-order valence-corrected chi connectivity index (χ3v) is 4.42. The zero-order valence-electron chi connectivity index (χ0n) is 13.7. The molecule has 4 nitrogen and oxygen atoms in total. The van der Waals surface area contributed by atoms with Gasteiger partial charge in [-0.25, -0.2) is 4.39 Å². The van der Waals surface area contributed by atoms with E-state index in [1.807, 2.05) is 35.2 Å². The van der Waals surface area contributed by atoms with Crippen LogP contribution in [-0.4, -0.2) is 26.1 Å². The second-order valence-electron chi connectivity index (χ2n) is 5.90. The Hall–Kier alpha value is -2.56. The van der Waals surface area contributed by atoms with E-state index in [0.717, 1.165) is 0 Å². The van der Waals surface area contributed by atoms with Crippen molar-refractivity contribution >= 4 is 17.3 Å². The maximum Gasteiger partial charge on any atom is 0.227 e. The van der Waals surface area contributed by atoms with Crippen LogP contribution in [0.2, 0.25) is 0 Å². The molecule has 0 saturated carbocycles. The van der Waals surface area contributed by atoms with Gasteiger partial charge in [0.15, 0.2) is 0 Å². The Balaban J connectivity index is 1.60. The molecule has 1 aliphatic rings. The van der Waals surface area contributed by atoms with Crippen molar-refractivity contribution in [2.75, 3.05) is 30.4 Å². The number of methoxy groups -OCH3 is 1. The van der Waals surface area contributed by atoms with Crippen molar-refractivity contribution in [1.29, 1.82) is 0 Å². The topological polar surface area (TPSA) is 41.6 Å². The van der Waals surface area contributed by atoms with Crippen LogP contribution >= 0.6 is 0 Å². The van der Waals surface area contributed by atoms with Crippen LogP contribution in [0.3, 0.4) is 0 Å². The van der Waals surface area contributed by atoms with Crippen LogP contribution < -0.4 is 15.0 Å². The molecule has 126 valence electrons. The number of rotatable bonds is 4.